The van der Waals surface area contributed by atoms with Gasteiger partial charge in [-0.3, -0.25) is 23.2 Å². The van der Waals surface area contributed by atoms with Gasteiger partial charge in [0.1, 0.15) is 24.2 Å². The van der Waals surface area contributed by atoms with E-state index < -0.39 is 76.1 Å². The number of hydrogen-bond donors (Lipinski definition) is 4. The lowest BCUT2D eigenvalue weighted by molar-refractivity contribution is -0.140. The highest BCUT2D eigenvalue weighted by molar-refractivity contribution is 7.53. The third-order valence-corrected chi connectivity index (χ3v) is 6.12. The van der Waals surface area contributed by atoms with Crippen LogP contribution in [0, 0.1) is 0 Å². The Morgan fingerprint density at radius 2 is 1.50 bits per heavy atom. The number of carboxylic acid groups (broad SMARTS) is 1. The summed E-state index contributed by atoms with van der Waals surface area (Å²) >= 11 is 0. The van der Waals surface area contributed by atoms with Gasteiger partial charge >= 0.3 is 25.9 Å². The number of imidazole rings is 1. The SMILES string of the molecule is CC(C)OC(=O)OCOP(=O)(COC(C)Cn1cnc2c(N)ncnc21)OCOC(=O)OC(C)C.NC(=O)CC(N)C(=O)O. The van der Waals surface area contributed by atoms with E-state index in [9.17, 15) is 23.7 Å². The van der Waals surface area contributed by atoms with Gasteiger partial charge in [0, 0.05) is 0 Å². The van der Waals surface area contributed by atoms with E-state index in [4.69, 9.17) is 49.3 Å². The summed E-state index contributed by atoms with van der Waals surface area (Å²) in [6.45, 7) is 6.98. The number of amides is 1. The number of carboxylic acids is 1. The van der Waals surface area contributed by atoms with E-state index in [2.05, 4.69) is 20.7 Å². The van der Waals surface area contributed by atoms with Crippen LogP contribution in [-0.2, 0) is 53.4 Å². The van der Waals surface area contributed by atoms with E-state index in [1.807, 2.05) is 0 Å². The fourth-order valence-electron chi connectivity index (χ4n) is 2.76. The predicted molar refractivity (Wildman–Crippen MR) is 149 cm³/mol. The van der Waals surface area contributed by atoms with Crippen LogP contribution in [0.15, 0.2) is 12.7 Å². The number of primary amides is 1. The van der Waals surface area contributed by atoms with Crippen LogP contribution in [0.1, 0.15) is 41.0 Å². The van der Waals surface area contributed by atoms with Crippen LogP contribution in [0.3, 0.4) is 0 Å². The molecule has 2 rings (SSSR count). The van der Waals surface area contributed by atoms with Crippen LogP contribution in [0.25, 0.3) is 11.2 Å². The predicted octanol–water partition coefficient (Wildman–Crippen LogP) is 1.31. The number of nitrogens with zero attached hydrogens (tertiary/aromatic N) is 4. The van der Waals surface area contributed by atoms with Crippen molar-refractivity contribution in [3.05, 3.63) is 12.7 Å². The van der Waals surface area contributed by atoms with Crippen LogP contribution in [-0.4, -0.2) is 93.1 Å². The van der Waals surface area contributed by atoms with Gasteiger partial charge in [0.2, 0.25) is 19.5 Å². The highest BCUT2D eigenvalue weighted by atomic mass is 31.2. The Kier molecular flexibility index (Phi) is 16.0. The lowest BCUT2D eigenvalue weighted by atomic mass is 10.2. The van der Waals surface area contributed by atoms with Crippen molar-refractivity contribution in [1.82, 2.24) is 19.5 Å². The van der Waals surface area contributed by atoms with Gasteiger partial charge < -0.3 is 50.6 Å². The van der Waals surface area contributed by atoms with Crippen LogP contribution in [0.5, 0.6) is 0 Å². The first kappa shape index (κ1) is 37.9. The average molecular weight is 652 g/mol. The zero-order valence-corrected chi connectivity index (χ0v) is 25.7. The maximum absolute atomic E-state index is 13.1. The van der Waals surface area contributed by atoms with Crippen LogP contribution >= 0.6 is 7.60 Å². The summed E-state index contributed by atoms with van der Waals surface area (Å²) in [6, 6.07) is -1.16. The molecule has 2 atom stereocenters. The van der Waals surface area contributed by atoms with Gasteiger partial charge in [0.15, 0.2) is 11.5 Å². The first-order chi connectivity index (χ1) is 20.5. The summed E-state index contributed by atoms with van der Waals surface area (Å²) in [4.78, 5) is 55.1. The van der Waals surface area contributed by atoms with E-state index in [1.165, 1.54) is 12.7 Å². The molecule has 0 spiro atoms. The molecule has 7 N–H and O–H groups in total. The molecule has 0 fully saturated rings. The Morgan fingerprint density at radius 1 is 0.955 bits per heavy atom. The number of hydrogen-bond acceptors (Lipinski definition) is 17. The molecular weight excluding hydrogens is 613 g/mol. The highest BCUT2D eigenvalue weighted by Crippen LogP contribution is 2.48. The Morgan fingerprint density at radius 3 is 1.95 bits per heavy atom. The van der Waals surface area contributed by atoms with Crippen LogP contribution in [0.2, 0.25) is 0 Å². The minimum atomic E-state index is -4.06. The van der Waals surface area contributed by atoms with Crippen molar-refractivity contribution in [1.29, 1.82) is 0 Å². The van der Waals surface area contributed by atoms with Crippen molar-refractivity contribution in [2.24, 2.45) is 11.5 Å². The first-order valence-corrected chi connectivity index (χ1v) is 14.6. The second kappa shape index (κ2) is 18.5. The molecule has 0 aliphatic rings. The molecule has 2 heterocycles. The van der Waals surface area contributed by atoms with Crippen molar-refractivity contribution in [3.63, 3.8) is 0 Å². The third-order valence-electron chi connectivity index (χ3n) is 4.66. The maximum atomic E-state index is 13.1. The maximum Gasteiger partial charge on any atom is 0.510 e. The molecule has 0 aliphatic heterocycles. The van der Waals surface area contributed by atoms with Gasteiger partial charge in [-0.05, 0) is 34.6 Å². The third kappa shape index (κ3) is 14.9. The quantitative estimate of drug-likeness (QED) is 0.113. The van der Waals surface area contributed by atoms with Crippen molar-refractivity contribution in [3.8, 4) is 0 Å². The summed E-state index contributed by atoms with van der Waals surface area (Å²) in [5.41, 5.74) is 16.3. The lowest BCUT2D eigenvalue weighted by Crippen LogP contribution is -2.34. The van der Waals surface area contributed by atoms with Gasteiger partial charge in [-0.2, -0.15) is 0 Å². The highest BCUT2D eigenvalue weighted by Gasteiger charge is 2.29. The molecular formula is C23H38N7O13P. The minimum absolute atomic E-state index is 0.237. The summed E-state index contributed by atoms with van der Waals surface area (Å²) in [5, 5.41) is 8.10. The second-order valence-electron chi connectivity index (χ2n) is 9.28. The number of carbonyl (C=O) groups excluding carboxylic acids is 3. The molecule has 248 valence electrons. The Balaban J connectivity index is 0.000000930. The van der Waals surface area contributed by atoms with E-state index in [1.54, 1.807) is 39.2 Å². The van der Waals surface area contributed by atoms with Crippen LogP contribution in [0.4, 0.5) is 15.4 Å². The molecule has 2 aromatic heterocycles. The lowest BCUT2D eigenvalue weighted by Gasteiger charge is -2.21. The molecule has 0 aromatic carbocycles. The Labute approximate surface area is 251 Å². The largest absolute Gasteiger partial charge is 0.510 e. The Bertz CT molecular complexity index is 1260. The number of aliphatic carboxylic acids is 1. The molecule has 0 saturated carbocycles. The van der Waals surface area contributed by atoms with Crippen molar-refractivity contribution < 1.29 is 61.6 Å². The zero-order chi connectivity index (χ0) is 33.4. The van der Waals surface area contributed by atoms with Gasteiger partial charge in [-0.15, -0.1) is 0 Å². The molecule has 20 nitrogen and oxygen atoms in total. The van der Waals surface area contributed by atoms with Crippen molar-refractivity contribution in [2.45, 2.75) is 71.9 Å². The molecule has 44 heavy (non-hydrogen) atoms. The number of aromatic nitrogens is 4. The summed E-state index contributed by atoms with van der Waals surface area (Å²) in [6.07, 6.45) is -1.45. The molecule has 0 bridgehead atoms. The molecule has 0 radical (unpaired) electrons. The fraction of sp³-hybridized carbons (Fsp3) is 0.609. The van der Waals surface area contributed by atoms with E-state index >= 15 is 0 Å². The number of carbonyl (C=O) groups is 4. The number of nitrogens with two attached hydrogens (primary N) is 3. The molecule has 2 unspecified atom stereocenters. The smallest absolute Gasteiger partial charge is 0.480 e. The normalized spacial score (nSPS) is 12.6. The zero-order valence-electron chi connectivity index (χ0n) is 24.8. The number of rotatable bonds is 16. The fourth-order valence-corrected chi connectivity index (χ4v) is 3.85. The first-order valence-electron chi connectivity index (χ1n) is 12.9. The van der Waals surface area contributed by atoms with Crippen molar-refractivity contribution >= 4 is 48.8 Å². The minimum Gasteiger partial charge on any atom is -0.480 e. The molecule has 1 amide bonds. The molecule has 0 aliphatic carbocycles. The summed E-state index contributed by atoms with van der Waals surface area (Å²) in [5.74, 6) is -1.68. The Hall–Kier alpha value is -4.10. The average Bonchev–Trinajstić information content (AvgIpc) is 3.30. The standard InChI is InChI=1S/C19H30N5O10P.C4H8N2O3/c1-12(2)33-18(25)28-9-31-35(27,32-10-29-19(26)34-13(3)4)11-30-14(5)6-24-8-23-15-16(20)21-7-22-17(15)24;5-2(4(8)9)1-3(6)7/h7-8,12-14H,6,9-11H2,1-5H3,(H2,20,21,22);2H,1,5H2,(H2,6,7)(H,8,9). The van der Waals surface area contributed by atoms with Gasteiger partial charge in [0.05, 0.1) is 37.6 Å². The topological polar surface area (TPSA) is 292 Å². The van der Waals surface area contributed by atoms with E-state index in [0.29, 0.717) is 11.2 Å². The molecule has 21 heteroatoms. The number of ether oxygens (including phenoxy) is 5. The van der Waals surface area contributed by atoms with E-state index in [0.717, 1.165) is 0 Å². The van der Waals surface area contributed by atoms with Gasteiger partial charge in [0.25, 0.3) is 0 Å². The number of anilines is 1. The number of nitrogen functional groups attached to an aromatic ring is 1. The van der Waals surface area contributed by atoms with Crippen molar-refractivity contribution in [2.75, 3.05) is 25.7 Å². The monoisotopic (exact) mass is 651 g/mol. The van der Waals surface area contributed by atoms with Crippen LogP contribution < -0.4 is 17.2 Å². The summed E-state index contributed by atoms with van der Waals surface area (Å²) < 4.78 is 49.7. The molecule has 0 saturated heterocycles. The van der Waals surface area contributed by atoms with E-state index in [-0.39, 0.29) is 18.8 Å². The molecule has 2 aromatic rings. The van der Waals surface area contributed by atoms with Gasteiger partial charge in [-0.1, -0.05) is 0 Å². The summed E-state index contributed by atoms with van der Waals surface area (Å²) in [7, 11) is -4.06. The van der Waals surface area contributed by atoms with Gasteiger partial charge in [-0.25, -0.2) is 24.5 Å². The second-order valence-corrected chi connectivity index (χ2v) is 11.3. The number of fused-ring (bicyclic) bond motifs is 1.